The molecular formula is C12H9F5N2S. The fourth-order valence-corrected chi connectivity index (χ4v) is 2.75. The SMILES string of the molecule is CNCc1sc(-c2ccc(F)cc2F)nc1C(F)(F)F. The molecule has 0 unspecified atom stereocenters. The molecule has 2 rings (SSSR count). The van der Waals surface area contributed by atoms with E-state index in [1.165, 1.54) is 7.05 Å². The topological polar surface area (TPSA) is 24.9 Å². The van der Waals surface area contributed by atoms with E-state index in [4.69, 9.17) is 0 Å². The molecular weight excluding hydrogens is 299 g/mol. The van der Waals surface area contributed by atoms with Crippen LogP contribution in [0.25, 0.3) is 10.6 Å². The molecule has 0 saturated carbocycles. The molecule has 0 fully saturated rings. The molecule has 20 heavy (non-hydrogen) atoms. The average molecular weight is 308 g/mol. The Bertz CT molecular complexity index is 621. The second kappa shape index (κ2) is 5.45. The summed E-state index contributed by atoms with van der Waals surface area (Å²) in [6, 6.07) is 2.67. The Morgan fingerprint density at radius 3 is 2.50 bits per heavy atom. The molecule has 2 nitrogen and oxygen atoms in total. The molecule has 108 valence electrons. The summed E-state index contributed by atoms with van der Waals surface area (Å²) in [5, 5.41) is 2.48. The summed E-state index contributed by atoms with van der Waals surface area (Å²) in [6.07, 6.45) is -4.61. The van der Waals surface area contributed by atoms with E-state index in [-0.39, 0.29) is 22.0 Å². The largest absolute Gasteiger partial charge is 0.434 e. The van der Waals surface area contributed by atoms with Crippen molar-refractivity contribution in [1.82, 2.24) is 10.3 Å². The van der Waals surface area contributed by atoms with Crippen LogP contribution in [0.2, 0.25) is 0 Å². The molecule has 0 radical (unpaired) electrons. The van der Waals surface area contributed by atoms with Crippen molar-refractivity contribution in [2.45, 2.75) is 12.7 Å². The van der Waals surface area contributed by atoms with Gasteiger partial charge in [-0.2, -0.15) is 13.2 Å². The van der Waals surface area contributed by atoms with E-state index in [2.05, 4.69) is 10.3 Å². The third-order valence-electron chi connectivity index (χ3n) is 2.46. The van der Waals surface area contributed by atoms with Crippen LogP contribution in [0.5, 0.6) is 0 Å². The van der Waals surface area contributed by atoms with Gasteiger partial charge in [0.2, 0.25) is 0 Å². The monoisotopic (exact) mass is 308 g/mol. The molecule has 0 saturated heterocycles. The zero-order valence-corrected chi connectivity index (χ0v) is 11.0. The van der Waals surface area contributed by atoms with Gasteiger partial charge in [0.05, 0.1) is 4.88 Å². The van der Waals surface area contributed by atoms with Gasteiger partial charge in [0.25, 0.3) is 0 Å². The Morgan fingerprint density at radius 1 is 1.25 bits per heavy atom. The fourth-order valence-electron chi connectivity index (χ4n) is 1.63. The van der Waals surface area contributed by atoms with Gasteiger partial charge in [0, 0.05) is 18.2 Å². The van der Waals surface area contributed by atoms with Crippen molar-refractivity contribution in [3.8, 4) is 10.6 Å². The standard InChI is InChI=1S/C12H9F5N2S/c1-18-5-9-10(12(15,16)17)19-11(20-9)7-3-2-6(13)4-8(7)14/h2-4,18H,5H2,1H3. The van der Waals surface area contributed by atoms with Crippen molar-refractivity contribution in [2.24, 2.45) is 0 Å². The van der Waals surface area contributed by atoms with Gasteiger partial charge >= 0.3 is 6.18 Å². The molecule has 2 aromatic rings. The molecule has 0 aliphatic carbocycles. The molecule has 1 aromatic carbocycles. The van der Waals surface area contributed by atoms with Crippen LogP contribution in [-0.4, -0.2) is 12.0 Å². The van der Waals surface area contributed by atoms with Crippen LogP contribution in [0.15, 0.2) is 18.2 Å². The minimum Gasteiger partial charge on any atom is -0.315 e. The lowest BCUT2D eigenvalue weighted by atomic mass is 10.2. The van der Waals surface area contributed by atoms with Crippen molar-refractivity contribution in [1.29, 1.82) is 0 Å². The van der Waals surface area contributed by atoms with E-state index in [0.717, 1.165) is 23.5 Å². The summed E-state index contributed by atoms with van der Waals surface area (Å²) in [7, 11) is 1.50. The lowest BCUT2D eigenvalue weighted by Crippen LogP contribution is -2.12. The van der Waals surface area contributed by atoms with Crippen LogP contribution >= 0.6 is 11.3 Å². The lowest BCUT2D eigenvalue weighted by Gasteiger charge is -2.04. The van der Waals surface area contributed by atoms with Crippen LogP contribution in [0.1, 0.15) is 10.6 Å². The van der Waals surface area contributed by atoms with Crippen LogP contribution in [0, 0.1) is 11.6 Å². The van der Waals surface area contributed by atoms with Gasteiger partial charge in [-0.15, -0.1) is 11.3 Å². The molecule has 1 heterocycles. The Labute approximate surface area is 115 Å². The molecule has 0 atom stereocenters. The molecule has 0 spiro atoms. The molecule has 1 aromatic heterocycles. The first-order chi connectivity index (χ1) is 9.32. The van der Waals surface area contributed by atoms with E-state index in [0.29, 0.717) is 6.07 Å². The summed E-state index contributed by atoms with van der Waals surface area (Å²) < 4.78 is 64.9. The molecule has 0 amide bonds. The highest BCUT2D eigenvalue weighted by molar-refractivity contribution is 7.15. The quantitative estimate of drug-likeness (QED) is 0.872. The summed E-state index contributed by atoms with van der Waals surface area (Å²) in [6.45, 7) is -0.0324. The minimum absolute atomic E-state index is 0.0324. The van der Waals surface area contributed by atoms with Crippen LogP contribution in [0.3, 0.4) is 0 Å². The highest BCUT2D eigenvalue weighted by Gasteiger charge is 2.37. The van der Waals surface area contributed by atoms with Gasteiger partial charge in [-0.25, -0.2) is 13.8 Å². The van der Waals surface area contributed by atoms with Gasteiger partial charge in [-0.3, -0.25) is 0 Å². The first-order valence-corrected chi connectivity index (χ1v) is 6.31. The summed E-state index contributed by atoms with van der Waals surface area (Å²) in [5.41, 5.74) is -1.19. The maximum absolute atomic E-state index is 13.6. The van der Waals surface area contributed by atoms with Gasteiger partial charge in [-0.05, 0) is 19.2 Å². The minimum atomic E-state index is -4.61. The fraction of sp³-hybridized carbons (Fsp3) is 0.250. The third-order valence-corrected chi connectivity index (χ3v) is 3.55. The van der Waals surface area contributed by atoms with Crippen molar-refractivity contribution in [3.05, 3.63) is 40.4 Å². The molecule has 0 aliphatic heterocycles. The van der Waals surface area contributed by atoms with Crippen LogP contribution in [0.4, 0.5) is 22.0 Å². The Morgan fingerprint density at radius 2 is 1.95 bits per heavy atom. The average Bonchev–Trinajstić information content (AvgIpc) is 2.73. The van der Waals surface area contributed by atoms with Crippen LogP contribution < -0.4 is 5.32 Å². The maximum atomic E-state index is 13.6. The zero-order valence-electron chi connectivity index (χ0n) is 10.2. The number of alkyl halides is 3. The van der Waals surface area contributed by atoms with Gasteiger partial charge in [0.1, 0.15) is 16.6 Å². The van der Waals surface area contributed by atoms with Gasteiger partial charge < -0.3 is 5.32 Å². The summed E-state index contributed by atoms with van der Waals surface area (Å²) >= 11 is 0.728. The van der Waals surface area contributed by atoms with Crippen LogP contribution in [-0.2, 0) is 12.7 Å². The first kappa shape index (κ1) is 14.9. The predicted octanol–water partition coefficient (Wildman–Crippen LogP) is 3.83. The van der Waals surface area contributed by atoms with E-state index in [1.807, 2.05) is 0 Å². The predicted molar refractivity (Wildman–Crippen MR) is 65.2 cm³/mol. The number of aromatic nitrogens is 1. The number of thiazole rings is 1. The van der Waals surface area contributed by atoms with Gasteiger partial charge in [0.15, 0.2) is 5.69 Å². The van der Waals surface area contributed by atoms with E-state index in [9.17, 15) is 22.0 Å². The van der Waals surface area contributed by atoms with E-state index in [1.54, 1.807) is 0 Å². The molecule has 0 bridgehead atoms. The van der Waals surface area contributed by atoms with E-state index < -0.39 is 23.5 Å². The van der Waals surface area contributed by atoms with Crippen molar-refractivity contribution in [3.63, 3.8) is 0 Å². The third kappa shape index (κ3) is 2.96. The van der Waals surface area contributed by atoms with E-state index >= 15 is 0 Å². The number of hydrogen-bond acceptors (Lipinski definition) is 3. The molecule has 0 aliphatic rings. The number of halogens is 5. The van der Waals surface area contributed by atoms with Crippen molar-refractivity contribution in [2.75, 3.05) is 7.05 Å². The summed E-state index contributed by atoms with van der Waals surface area (Å²) in [5.74, 6) is -1.74. The second-order valence-electron chi connectivity index (χ2n) is 3.94. The number of nitrogens with one attached hydrogen (secondary N) is 1. The number of benzene rings is 1. The first-order valence-electron chi connectivity index (χ1n) is 5.50. The second-order valence-corrected chi connectivity index (χ2v) is 5.03. The number of rotatable bonds is 3. The Hall–Kier alpha value is -1.54. The number of nitrogens with zero attached hydrogens (tertiary/aromatic N) is 1. The van der Waals surface area contributed by atoms with Crippen molar-refractivity contribution < 1.29 is 22.0 Å². The highest BCUT2D eigenvalue weighted by Crippen LogP contribution is 2.38. The maximum Gasteiger partial charge on any atom is 0.434 e. The smallest absolute Gasteiger partial charge is 0.315 e. The highest BCUT2D eigenvalue weighted by atomic mass is 32.1. The molecule has 8 heteroatoms. The normalized spacial score (nSPS) is 11.9. The Balaban J connectivity index is 2.53. The Kier molecular flexibility index (Phi) is 4.05. The zero-order chi connectivity index (χ0) is 14.9. The number of hydrogen-bond donors (Lipinski definition) is 1. The van der Waals surface area contributed by atoms with Crippen molar-refractivity contribution >= 4 is 11.3 Å². The van der Waals surface area contributed by atoms with Gasteiger partial charge in [-0.1, -0.05) is 0 Å². The summed E-state index contributed by atoms with van der Waals surface area (Å²) in [4.78, 5) is 3.41. The molecule has 1 N–H and O–H groups in total. The lowest BCUT2D eigenvalue weighted by molar-refractivity contribution is -0.141.